The van der Waals surface area contributed by atoms with E-state index in [4.69, 9.17) is 13.3 Å². The van der Waals surface area contributed by atoms with Crippen LogP contribution in [0.25, 0.3) is 0 Å². The molecule has 0 aromatic carbocycles. The largest absolute Gasteiger partial charge is 0.650 e. The fourth-order valence-corrected chi connectivity index (χ4v) is 8.09. The molecule has 0 radical (unpaired) electrons. The monoisotopic (exact) mass is 717 g/mol. The van der Waals surface area contributed by atoms with Gasteiger partial charge in [0, 0.05) is 26.2 Å². The molecule has 0 heterocycles. The van der Waals surface area contributed by atoms with Crippen LogP contribution in [0.4, 0.5) is 74.6 Å². The SMILES string of the molecule is CCO[Si](OCC)(OCC)N(C(=O)CC)S(=O)(=O)C(F)(F)C(F)(F)C(F)(F)C(F)(F)C(F)(F)C(F)(F)C(F)(F)C(F)(F)F. The lowest BCUT2D eigenvalue weighted by Gasteiger charge is -2.44. The Morgan fingerprint density at radius 1 is 0.558 bits per heavy atom. The van der Waals surface area contributed by atoms with Gasteiger partial charge in [-0.3, -0.25) is 4.79 Å². The number of carbonyl (C=O) groups is 1. The summed E-state index contributed by atoms with van der Waals surface area (Å²) in [5, 5.41) is -7.99. The highest BCUT2D eigenvalue weighted by Gasteiger charge is 2.96. The zero-order chi connectivity index (χ0) is 35.1. The molecular formula is C17H20F17NO6SSi. The second-order valence-electron chi connectivity index (χ2n) is 7.80. The first-order chi connectivity index (χ1) is 18.8. The minimum Gasteiger partial charge on any atom is -0.356 e. The zero-order valence-corrected chi connectivity index (χ0v) is 23.4. The minimum absolute atomic E-state index is 0.607. The molecule has 1 amide bonds. The van der Waals surface area contributed by atoms with Gasteiger partial charge in [-0.25, -0.2) is 8.42 Å². The number of sulfonamides is 1. The third kappa shape index (κ3) is 5.89. The summed E-state index contributed by atoms with van der Waals surface area (Å²) in [4.78, 5) is 12.4. The van der Waals surface area contributed by atoms with E-state index < -0.39 is 102 Å². The molecule has 258 valence electrons. The molecule has 26 heteroatoms. The van der Waals surface area contributed by atoms with Crippen LogP contribution in [0.15, 0.2) is 0 Å². The van der Waals surface area contributed by atoms with Crippen molar-refractivity contribution in [1.82, 2.24) is 3.97 Å². The van der Waals surface area contributed by atoms with E-state index in [1.807, 2.05) is 0 Å². The molecule has 0 aliphatic heterocycles. The van der Waals surface area contributed by atoms with Crippen molar-refractivity contribution in [2.45, 2.75) is 81.1 Å². The van der Waals surface area contributed by atoms with Crippen LogP contribution in [0.2, 0.25) is 0 Å². The number of alkyl halides is 17. The van der Waals surface area contributed by atoms with Gasteiger partial charge in [-0.1, -0.05) is 6.92 Å². The number of nitrogens with zero attached hydrogens (tertiary/aromatic N) is 1. The Hall–Kier alpha value is -1.67. The van der Waals surface area contributed by atoms with Crippen molar-refractivity contribution in [1.29, 1.82) is 0 Å². The number of carbonyl (C=O) groups excluding carboxylic acids is 1. The topological polar surface area (TPSA) is 82.1 Å². The van der Waals surface area contributed by atoms with Crippen molar-refractivity contribution >= 4 is 24.9 Å². The van der Waals surface area contributed by atoms with Gasteiger partial charge in [0.1, 0.15) is 0 Å². The van der Waals surface area contributed by atoms with Gasteiger partial charge in [0.15, 0.2) is 0 Å². The highest BCUT2D eigenvalue weighted by atomic mass is 32.2. The molecule has 0 aromatic heterocycles. The summed E-state index contributed by atoms with van der Waals surface area (Å²) >= 11 is 0. The van der Waals surface area contributed by atoms with Crippen LogP contribution in [0.5, 0.6) is 0 Å². The maximum Gasteiger partial charge on any atom is 0.650 e. The third-order valence-corrected chi connectivity index (χ3v) is 10.7. The predicted octanol–water partition coefficient (Wildman–Crippen LogP) is 6.07. The Bertz CT molecular complexity index is 1080. The molecule has 0 rings (SSSR count). The molecule has 0 N–H and O–H groups in total. The van der Waals surface area contributed by atoms with Gasteiger partial charge in [-0.15, -0.1) is 0 Å². The van der Waals surface area contributed by atoms with Crippen molar-refractivity contribution in [2.24, 2.45) is 0 Å². The van der Waals surface area contributed by atoms with E-state index in [2.05, 4.69) is 0 Å². The molecule has 0 atom stereocenters. The summed E-state index contributed by atoms with van der Waals surface area (Å²) in [5.74, 6) is -55.0. The van der Waals surface area contributed by atoms with Crippen LogP contribution in [0, 0.1) is 0 Å². The fourth-order valence-electron chi connectivity index (χ4n) is 2.85. The Kier molecular flexibility index (Phi) is 11.8. The highest BCUT2D eigenvalue weighted by Crippen LogP contribution is 2.64. The van der Waals surface area contributed by atoms with E-state index in [0.717, 1.165) is 20.8 Å². The Morgan fingerprint density at radius 3 is 1.09 bits per heavy atom. The van der Waals surface area contributed by atoms with Crippen molar-refractivity contribution in [3.8, 4) is 0 Å². The van der Waals surface area contributed by atoms with Crippen molar-refractivity contribution < 1.29 is 101 Å². The predicted molar refractivity (Wildman–Crippen MR) is 107 cm³/mol. The Balaban J connectivity index is 7.63. The number of halogens is 17. The van der Waals surface area contributed by atoms with Gasteiger partial charge in [0.2, 0.25) is 5.91 Å². The molecule has 7 nitrogen and oxygen atoms in total. The third-order valence-electron chi connectivity index (χ3n) is 5.02. The quantitative estimate of drug-likeness (QED) is 0.143. The molecule has 0 spiro atoms. The minimum atomic E-state index is -9.02. The van der Waals surface area contributed by atoms with Crippen LogP contribution >= 0.6 is 0 Å². The van der Waals surface area contributed by atoms with Crippen molar-refractivity contribution in [3.05, 3.63) is 0 Å². The number of hydrogen-bond acceptors (Lipinski definition) is 6. The maximum absolute atomic E-state index is 14.9. The summed E-state index contributed by atoms with van der Waals surface area (Å²) in [6.45, 7) is 0.612. The second-order valence-corrected chi connectivity index (χ2v) is 12.3. The van der Waals surface area contributed by atoms with Crippen LogP contribution in [0.1, 0.15) is 34.1 Å². The van der Waals surface area contributed by atoms with Gasteiger partial charge >= 0.3 is 66.0 Å². The van der Waals surface area contributed by atoms with Gasteiger partial charge < -0.3 is 13.3 Å². The molecule has 0 saturated carbocycles. The van der Waals surface area contributed by atoms with Gasteiger partial charge in [0.05, 0.1) is 0 Å². The fraction of sp³-hybridized carbons (Fsp3) is 0.941. The lowest BCUT2D eigenvalue weighted by atomic mass is 9.91. The summed E-state index contributed by atoms with van der Waals surface area (Å²) in [5.41, 5.74) is 0. The average Bonchev–Trinajstić information content (AvgIpc) is 2.82. The van der Waals surface area contributed by atoms with E-state index in [-0.39, 0.29) is 0 Å². The highest BCUT2D eigenvalue weighted by molar-refractivity contribution is 7.92. The van der Waals surface area contributed by atoms with E-state index in [1.54, 1.807) is 0 Å². The number of rotatable bonds is 16. The second kappa shape index (κ2) is 12.3. The van der Waals surface area contributed by atoms with Crippen molar-refractivity contribution in [3.63, 3.8) is 0 Å². The first-order valence-electron chi connectivity index (χ1n) is 11.0. The van der Waals surface area contributed by atoms with Crippen LogP contribution in [-0.2, 0) is 28.1 Å². The van der Waals surface area contributed by atoms with Crippen molar-refractivity contribution in [2.75, 3.05) is 19.8 Å². The van der Waals surface area contributed by atoms with Crippen LogP contribution < -0.4 is 0 Å². The number of hydrogen-bond donors (Lipinski definition) is 0. The lowest BCUT2D eigenvalue weighted by Crippen LogP contribution is -2.76. The first kappa shape index (κ1) is 41.3. The molecule has 0 bridgehead atoms. The summed E-state index contributed by atoms with van der Waals surface area (Å²) < 4.78 is 270. The molecule has 0 aliphatic rings. The summed E-state index contributed by atoms with van der Waals surface area (Å²) in [7, 11) is -13.9. The molecule has 0 aromatic rings. The standard InChI is InChI=1S/C17H20F17NO6SSi/c1-5-9(36)35(43(39-6-2,40-7-3)41-8-4)42(37,38)17(33,34)15(28,29)13(24,25)11(20,21)10(18,19)12(22,23)14(26,27)16(30,31)32/h5-8H2,1-4H3. The molecule has 0 fully saturated rings. The Labute approximate surface area is 231 Å². The average molecular weight is 717 g/mol. The lowest BCUT2D eigenvalue weighted by molar-refractivity contribution is -0.458. The molecule has 0 aliphatic carbocycles. The Morgan fingerprint density at radius 2 is 0.837 bits per heavy atom. The number of amides is 1. The van der Waals surface area contributed by atoms with Gasteiger partial charge in [-0.2, -0.15) is 78.6 Å². The molecule has 43 heavy (non-hydrogen) atoms. The molecular weight excluding hydrogens is 697 g/mol. The normalized spacial score (nSPS) is 15.6. The summed E-state index contributed by atoms with van der Waals surface area (Å²) in [6.07, 6.45) is -9.31. The smallest absolute Gasteiger partial charge is 0.356 e. The summed E-state index contributed by atoms with van der Waals surface area (Å²) in [6, 6.07) is 0. The zero-order valence-electron chi connectivity index (χ0n) is 21.6. The first-order valence-corrected chi connectivity index (χ1v) is 14.1. The maximum atomic E-state index is 14.9. The van der Waals surface area contributed by atoms with E-state index in [1.165, 1.54) is 0 Å². The van der Waals surface area contributed by atoms with E-state index in [0.29, 0.717) is 6.92 Å². The van der Waals surface area contributed by atoms with Gasteiger partial charge in [0.25, 0.3) is 0 Å². The van der Waals surface area contributed by atoms with Crippen LogP contribution in [0.3, 0.4) is 0 Å². The van der Waals surface area contributed by atoms with E-state index >= 15 is 0 Å². The van der Waals surface area contributed by atoms with E-state index in [9.17, 15) is 87.8 Å². The molecule has 0 unspecified atom stereocenters. The molecule has 0 saturated heterocycles. The van der Waals surface area contributed by atoms with Gasteiger partial charge in [-0.05, 0) is 20.8 Å². The van der Waals surface area contributed by atoms with Crippen LogP contribution in [-0.4, -0.2) is 94.0 Å².